The number of hydrogen-bond donors (Lipinski definition) is 2. The predicted octanol–water partition coefficient (Wildman–Crippen LogP) is 3.67. The molecule has 0 bridgehead atoms. The van der Waals surface area contributed by atoms with Gasteiger partial charge in [-0.15, -0.1) is 0 Å². The molecule has 0 aliphatic rings. The average molecular weight is 305 g/mol. The van der Waals surface area contributed by atoms with Crippen molar-refractivity contribution in [1.82, 2.24) is 0 Å². The van der Waals surface area contributed by atoms with E-state index in [1.54, 1.807) is 12.1 Å². The lowest BCUT2D eigenvalue weighted by molar-refractivity contribution is 0.483. The van der Waals surface area contributed by atoms with Gasteiger partial charge in [0.1, 0.15) is 0 Å². The molecule has 0 unspecified atom stereocenters. The Labute approximate surface area is 125 Å². The highest BCUT2D eigenvalue weighted by Crippen LogP contribution is 2.18. The zero-order valence-electron chi connectivity index (χ0n) is 12.1. The number of benzene rings is 2. The van der Waals surface area contributed by atoms with Gasteiger partial charge >= 0.3 is 0 Å². The third kappa shape index (κ3) is 4.31. The summed E-state index contributed by atoms with van der Waals surface area (Å²) in [6.07, 6.45) is 0. The number of rotatable bonds is 5. The van der Waals surface area contributed by atoms with Crippen molar-refractivity contribution in [2.75, 3.05) is 5.32 Å². The molecule has 0 aromatic heterocycles. The molecule has 0 saturated carbocycles. The zero-order valence-corrected chi connectivity index (χ0v) is 12.9. The third-order valence-electron chi connectivity index (χ3n) is 3.27. The minimum atomic E-state index is -4.16. The van der Waals surface area contributed by atoms with Gasteiger partial charge in [-0.1, -0.05) is 44.2 Å². The Kier molecular flexibility index (Phi) is 4.65. The molecule has 0 radical (unpaired) electrons. The smallest absolute Gasteiger partial charge is 0.294 e. The highest BCUT2D eigenvalue weighted by Gasteiger charge is 2.09. The summed E-state index contributed by atoms with van der Waals surface area (Å²) in [5, 5.41) is 3.15. The van der Waals surface area contributed by atoms with Gasteiger partial charge in [-0.05, 0) is 35.2 Å². The molecule has 2 rings (SSSR count). The first-order chi connectivity index (χ1) is 9.86. The van der Waals surface area contributed by atoms with E-state index >= 15 is 0 Å². The molecule has 0 spiro atoms. The minimum absolute atomic E-state index is 0.109. The summed E-state index contributed by atoms with van der Waals surface area (Å²) in [6, 6.07) is 14.4. The van der Waals surface area contributed by atoms with Crippen LogP contribution in [0, 0.1) is 0 Å². The largest absolute Gasteiger partial charge is 0.381 e. The van der Waals surface area contributed by atoms with Crippen LogP contribution >= 0.6 is 0 Å². The lowest BCUT2D eigenvalue weighted by atomic mass is 10.0. The van der Waals surface area contributed by atoms with E-state index in [4.69, 9.17) is 4.55 Å². The molecule has 2 aromatic carbocycles. The molecule has 0 amide bonds. The second kappa shape index (κ2) is 6.28. The van der Waals surface area contributed by atoms with Gasteiger partial charge in [0.2, 0.25) is 0 Å². The Bertz CT molecular complexity index is 707. The van der Waals surface area contributed by atoms with Crippen molar-refractivity contribution in [3.05, 3.63) is 59.7 Å². The van der Waals surface area contributed by atoms with Gasteiger partial charge in [0.15, 0.2) is 0 Å². The lowest BCUT2D eigenvalue weighted by Crippen LogP contribution is -2.02. The van der Waals surface area contributed by atoms with E-state index in [0.717, 1.165) is 5.56 Å². The standard InChI is InChI=1S/C16H19NO3S/c1-12(2)14-8-6-13(7-9-14)11-17-15-4-3-5-16(10-15)21(18,19)20/h3-10,12,17H,11H2,1-2H3,(H,18,19,20). The molecule has 2 aromatic rings. The van der Waals surface area contributed by atoms with E-state index in [2.05, 4.69) is 43.4 Å². The summed E-state index contributed by atoms with van der Waals surface area (Å²) < 4.78 is 31.2. The van der Waals surface area contributed by atoms with Crippen molar-refractivity contribution in [1.29, 1.82) is 0 Å². The van der Waals surface area contributed by atoms with Gasteiger partial charge in [0.25, 0.3) is 10.1 Å². The SMILES string of the molecule is CC(C)c1ccc(CNc2cccc(S(=O)(=O)O)c2)cc1. The van der Waals surface area contributed by atoms with Crippen LogP contribution in [0.15, 0.2) is 53.4 Å². The normalized spacial score (nSPS) is 11.6. The van der Waals surface area contributed by atoms with Crippen LogP contribution in [0.3, 0.4) is 0 Å². The number of hydrogen-bond acceptors (Lipinski definition) is 3. The van der Waals surface area contributed by atoms with Crippen LogP contribution in [0.1, 0.15) is 30.9 Å². The molecule has 0 aliphatic heterocycles. The first kappa shape index (κ1) is 15.5. The summed E-state index contributed by atoms with van der Waals surface area (Å²) in [4.78, 5) is -0.109. The molecular weight excluding hydrogens is 286 g/mol. The molecule has 0 aliphatic carbocycles. The molecular formula is C16H19NO3S. The fraction of sp³-hybridized carbons (Fsp3) is 0.250. The highest BCUT2D eigenvalue weighted by molar-refractivity contribution is 7.85. The summed E-state index contributed by atoms with van der Waals surface area (Å²) in [7, 11) is -4.16. The van der Waals surface area contributed by atoms with E-state index in [-0.39, 0.29) is 4.90 Å². The monoisotopic (exact) mass is 305 g/mol. The maximum absolute atomic E-state index is 11.1. The van der Waals surface area contributed by atoms with Crippen LogP contribution in [-0.4, -0.2) is 13.0 Å². The fourth-order valence-corrected chi connectivity index (χ4v) is 2.52. The average Bonchev–Trinajstić information content (AvgIpc) is 2.45. The summed E-state index contributed by atoms with van der Waals surface area (Å²) >= 11 is 0. The second-order valence-corrected chi connectivity index (χ2v) is 6.67. The maximum Gasteiger partial charge on any atom is 0.294 e. The number of anilines is 1. The van der Waals surface area contributed by atoms with Gasteiger partial charge in [-0.2, -0.15) is 8.42 Å². The highest BCUT2D eigenvalue weighted by atomic mass is 32.2. The molecule has 5 heteroatoms. The van der Waals surface area contributed by atoms with Crippen molar-refractivity contribution in [3.63, 3.8) is 0 Å². The van der Waals surface area contributed by atoms with Crippen molar-refractivity contribution < 1.29 is 13.0 Å². The Hall–Kier alpha value is -1.85. The molecule has 0 heterocycles. The Morgan fingerprint density at radius 2 is 1.76 bits per heavy atom. The van der Waals surface area contributed by atoms with Crippen molar-refractivity contribution >= 4 is 15.8 Å². The predicted molar refractivity (Wildman–Crippen MR) is 84.1 cm³/mol. The molecule has 112 valence electrons. The van der Waals surface area contributed by atoms with Gasteiger partial charge in [0.05, 0.1) is 4.90 Å². The van der Waals surface area contributed by atoms with Crippen LogP contribution in [0.25, 0.3) is 0 Å². The quantitative estimate of drug-likeness (QED) is 0.827. The van der Waals surface area contributed by atoms with E-state index in [0.29, 0.717) is 18.2 Å². The molecule has 4 nitrogen and oxygen atoms in total. The Morgan fingerprint density at radius 3 is 2.33 bits per heavy atom. The number of nitrogens with one attached hydrogen (secondary N) is 1. The lowest BCUT2D eigenvalue weighted by Gasteiger charge is -2.09. The first-order valence-corrected chi connectivity index (χ1v) is 8.20. The van der Waals surface area contributed by atoms with Crippen LogP contribution in [0.2, 0.25) is 0 Å². The van der Waals surface area contributed by atoms with E-state index < -0.39 is 10.1 Å². The van der Waals surface area contributed by atoms with Crippen LogP contribution in [-0.2, 0) is 16.7 Å². The molecule has 0 atom stereocenters. The van der Waals surface area contributed by atoms with Crippen molar-refractivity contribution in [2.24, 2.45) is 0 Å². The Morgan fingerprint density at radius 1 is 1.10 bits per heavy atom. The van der Waals surface area contributed by atoms with Crippen molar-refractivity contribution in [2.45, 2.75) is 31.2 Å². The van der Waals surface area contributed by atoms with Gasteiger partial charge in [0, 0.05) is 12.2 Å². The first-order valence-electron chi connectivity index (χ1n) is 6.76. The van der Waals surface area contributed by atoms with Crippen LogP contribution in [0.5, 0.6) is 0 Å². The molecule has 21 heavy (non-hydrogen) atoms. The Balaban J connectivity index is 2.06. The van der Waals surface area contributed by atoms with Crippen LogP contribution < -0.4 is 5.32 Å². The van der Waals surface area contributed by atoms with Gasteiger partial charge in [-0.25, -0.2) is 0 Å². The summed E-state index contributed by atoms with van der Waals surface area (Å²) in [6.45, 7) is 4.88. The summed E-state index contributed by atoms with van der Waals surface area (Å²) in [5.41, 5.74) is 3.04. The third-order valence-corrected chi connectivity index (χ3v) is 4.12. The van der Waals surface area contributed by atoms with Crippen molar-refractivity contribution in [3.8, 4) is 0 Å². The molecule has 0 fully saturated rings. The van der Waals surface area contributed by atoms with E-state index in [9.17, 15) is 8.42 Å². The second-order valence-electron chi connectivity index (χ2n) is 5.25. The molecule has 2 N–H and O–H groups in total. The van der Waals surface area contributed by atoms with Gasteiger partial charge in [-0.3, -0.25) is 4.55 Å². The zero-order chi connectivity index (χ0) is 15.5. The fourth-order valence-electron chi connectivity index (χ4n) is 1.99. The topological polar surface area (TPSA) is 66.4 Å². The van der Waals surface area contributed by atoms with Gasteiger partial charge < -0.3 is 5.32 Å². The van der Waals surface area contributed by atoms with Crippen LogP contribution in [0.4, 0.5) is 5.69 Å². The maximum atomic E-state index is 11.1. The summed E-state index contributed by atoms with van der Waals surface area (Å²) in [5.74, 6) is 0.499. The minimum Gasteiger partial charge on any atom is -0.381 e. The van der Waals surface area contributed by atoms with E-state index in [1.165, 1.54) is 17.7 Å². The molecule has 0 saturated heterocycles. The van der Waals surface area contributed by atoms with E-state index in [1.807, 2.05) is 0 Å².